The summed E-state index contributed by atoms with van der Waals surface area (Å²) < 4.78 is 0. The SMILES string of the molecule is CCC1CC(C)CCC1NCC1CCCS1. The molecule has 0 amide bonds. The fraction of sp³-hybridized carbons (Fsp3) is 1.00. The summed E-state index contributed by atoms with van der Waals surface area (Å²) in [5, 5.41) is 4.78. The molecule has 2 fully saturated rings. The van der Waals surface area contributed by atoms with Gasteiger partial charge in [-0.3, -0.25) is 0 Å². The van der Waals surface area contributed by atoms with E-state index in [0.717, 1.165) is 23.1 Å². The number of hydrogen-bond donors (Lipinski definition) is 1. The number of thioether (sulfide) groups is 1. The van der Waals surface area contributed by atoms with Crippen LogP contribution in [0.5, 0.6) is 0 Å². The van der Waals surface area contributed by atoms with Gasteiger partial charge in [-0.1, -0.05) is 20.3 Å². The summed E-state index contributed by atoms with van der Waals surface area (Å²) in [6.45, 7) is 6.05. The van der Waals surface area contributed by atoms with Crippen molar-refractivity contribution in [2.24, 2.45) is 11.8 Å². The maximum absolute atomic E-state index is 3.86. The highest BCUT2D eigenvalue weighted by molar-refractivity contribution is 8.00. The second-order valence-corrected chi connectivity index (χ2v) is 7.14. The van der Waals surface area contributed by atoms with Crippen molar-refractivity contribution in [2.75, 3.05) is 12.3 Å². The zero-order valence-electron chi connectivity index (χ0n) is 10.9. The maximum Gasteiger partial charge on any atom is 0.0172 e. The topological polar surface area (TPSA) is 12.0 Å². The molecule has 2 rings (SSSR count). The number of hydrogen-bond acceptors (Lipinski definition) is 2. The minimum atomic E-state index is 0.822. The summed E-state index contributed by atoms with van der Waals surface area (Å²) in [4.78, 5) is 0. The molecule has 0 aromatic rings. The Labute approximate surface area is 105 Å². The van der Waals surface area contributed by atoms with E-state index < -0.39 is 0 Å². The molecule has 1 saturated heterocycles. The minimum Gasteiger partial charge on any atom is -0.313 e. The molecule has 1 N–H and O–H groups in total. The molecule has 1 heterocycles. The predicted octanol–water partition coefficient (Wildman–Crippen LogP) is 3.69. The summed E-state index contributed by atoms with van der Waals surface area (Å²) in [5.74, 6) is 3.30. The Bertz CT molecular complexity index is 201. The van der Waals surface area contributed by atoms with Crippen molar-refractivity contribution in [1.29, 1.82) is 0 Å². The molecule has 0 bridgehead atoms. The van der Waals surface area contributed by atoms with Crippen LogP contribution < -0.4 is 5.32 Å². The largest absolute Gasteiger partial charge is 0.313 e. The molecule has 1 saturated carbocycles. The Morgan fingerprint density at radius 3 is 2.81 bits per heavy atom. The Balaban J connectivity index is 1.74. The van der Waals surface area contributed by atoms with E-state index in [-0.39, 0.29) is 0 Å². The fourth-order valence-corrected chi connectivity index (χ4v) is 4.52. The highest BCUT2D eigenvalue weighted by Gasteiger charge is 2.27. The zero-order chi connectivity index (χ0) is 11.4. The van der Waals surface area contributed by atoms with Crippen LogP contribution in [0.25, 0.3) is 0 Å². The van der Waals surface area contributed by atoms with Gasteiger partial charge in [0.05, 0.1) is 0 Å². The monoisotopic (exact) mass is 241 g/mol. The van der Waals surface area contributed by atoms with Gasteiger partial charge in [0, 0.05) is 17.8 Å². The Hall–Kier alpha value is 0.310. The first-order valence-electron chi connectivity index (χ1n) is 7.14. The lowest BCUT2D eigenvalue weighted by Crippen LogP contribution is -2.42. The fourth-order valence-electron chi connectivity index (χ4n) is 3.31. The number of nitrogens with one attached hydrogen (secondary N) is 1. The van der Waals surface area contributed by atoms with Gasteiger partial charge in [-0.15, -0.1) is 0 Å². The summed E-state index contributed by atoms with van der Waals surface area (Å²) in [6.07, 6.45) is 8.54. The molecule has 0 radical (unpaired) electrons. The van der Waals surface area contributed by atoms with E-state index in [1.54, 1.807) is 0 Å². The molecule has 1 nitrogen and oxygen atoms in total. The summed E-state index contributed by atoms with van der Waals surface area (Å²) in [6, 6.07) is 0.822. The molecule has 4 atom stereocenters. The van der Waals surface area contributed by atoms with Gasteiger partial charge in [-0.25, -0.2) is 0 Å². The lowest BCUT2D eigenvalue weighted by atomic mass is 9.77. The normalized spacial score (nSPS) is 40.1. The van der Waals surface area contributed by atoms with E-state index in [9.17, 15) is 0 Å². The lowest BCUT2D eigenvalue weighted by Gasteiger charge is -2.35. The van der Waals surface area contributed by atoms with Gasteiger partial charge < -0.3 is 5.32 Å². The summed E-state index contributed by atoms with van der Waals surface area (Å²) >= 11 is 2.18. The van der Waals surface area contributed by atoms with E-state index in [4.69, 9.17) is 0 Å². The summed E-state index contributed by atoms with van der Waals surface area (Å²) in [7, 11) is 0. The van der Waals surface area contributed by atoms with Crippen LogP contribution in [0.3, 0.4) is 0 Å². The van der Waals surface area contributed by atoms with E-state index in [2.05, 4.69) is 30.9 Å². The van der Waals surface area contributed by atoms with Crippen LogP contribution in [0.15, 0.2) is 0 Å². The van der Waals surface area contributed by atoms with Crippen LogP contribution in [-0.4, -0.2) is 23.6 Å². The standard InChI is InChI=1S/C14H27NS/c1-3-12-9-11(2)6-7-14(12)15-10-13-5-4-8-16-13/h11-15H,3-10H2,1-2H3. The van der Waals surface area contributed by atoms with Crippen molar-refractivity contribution in [3.05, 3.63) is 0 Å². The average molecular weight is 241 g/mol. The van der Waals surface area contributed by atoms with Crippen LogP contribution >= 0.6 is 11.8 Å². The molecular formula is C14H27NS. The van der Waals surface area contributed by atoms with Crippen LogP contribution in [-0.2, 0) is 0 Å². The summed E-state index contributed by atoms with van der Waals surface area (Å²) in [5.41, 5.74) is 0. The molecule has 2 heteroatoms. The third kappa shape index (κ3) is 3.40. The van der Waals surface area contributed by atoms with Gasteiger partial charge in [0.2, 0.25) is 0 Å². The molecule has 2 aliphatic rings. The smallest absolute Gasteiger partial charge is 0.0172 e. The minimum absolute atomic E-state index is 0.822. The zero-order valence-corrected chi connectivity index (χ0v) is 11.7. The molecule has 4 unspecified atom stereocenters. The van der Waals surface area contributed by atoms with E-state index in [0.29, 0.717) is 0 Å². The van der Waals surface area contributed by atoms with Gasteiger partial charge in [0.1, 0.15) is 0 Å². The average Bonchev–Trinajstić information content (AvgIpc) is 2.80. The molecular weight excluding hydrogens is 214 g/mol. The molecule has 0 aromatic carbocycles. The highest BCUT2D eigenvalue weighted by atomic mass is 32.2. The Kier molecular flexibility index (Phi) is 5.02. The quantitative estimate of drug-likeness (QED) is 0.805. The molecule has 1 aliphatic heterocycles. The van der Waals surface area contributed by atoms with Crippen molar-refractivity contribution in [3.63, 3.8) is 0 Å². The van der Waals surface area contributed by atoms with Crippen LogP contribution in [0.4, 0.5) is 0 Å². The van der Waals surface area contributed by atoms with Crippen molar-refractivity contribution in [3.8, 4) is 0 Å². The van der Waals surface area contributed by atoms with E-state index >= 15 is 0 Å². The van der Waals surface area contributed by atoms with Crippen molar-refractivity contribution < 1.29 is 0 Å². The number of rotatable bonds is 4. The molecule has 1 aliphatic carbocycles. The Morgan fingerprint density at radius 2 is 2.12 bits per heavy atom. The van der Waals surface area contributed by atoms with Crippen LogP contribution in [0.1, 0.15) is 52.4 Å². The van der Waals surface area contributed by atoms with Gasteiger partial charge in [0.25, 0.3) is 0 Å². The highest BCUT2D eigenvalue weighted by Crippen LogP contribution is 2.32. The first-order valence-corrected chi connectivity index (χ1v) is 8.19. The molecule has 0 spiro atoms. The first kappa shape index (κ1) is 12.8. The third-order valence-electron chi connectivity index (χ3n) is 4.40. The second kappa shape index (κ2) is 6.30. The van der Waals surface area contributed by atoms with E-state index in [1.807, 2.05) is 0 Å². The Morgan fingerprint density at radius 1 is 1.25 bits per heavy atom. The maximum atomic E-state index is 3.86. The molecule has 0 aromatic heterocycles. The molecule has 94 valence electrons. The van der Waals surface area contributed by atoms with E-state index in [1.165, 1.54) is 50.8 Å². The van der Waals surface area contributed by atoms with Crippen molar-refractivity contribution in [2.45, 2.75) is 63.7 Å². The van der Waals surface area contributed by atoms with Gasteiger partial charge >= 0.3 is 0 Å². The third-order valence-corrected chi connectivity index (χ3v) is 5.80. The molecule has 16 heavy (non-hydrogen) atoms. The second-order valence-electron chi connectivity index (χ2n) is 5.74. The van der Waals surface area contributed by atoms with Gasteiger partial charge in [-0.05, 0) is 49.7 Å². The lowest BCUT2D eigenvalue weighted by molar-refractivity contribution is 0.208. The van der Waals surface area contributed by atoms with Crippen LogP contribution in [0.2, 0.25) is 0 Å². The van der Waals surface area contributed by atoms with Gasteiger partial charge in [0.15, 0.2) is 0 Å². The van der Waals surface area contributed by atoms with Crippen molar-refractivity contribution >= 4 is 11.8 Å². The predicted molar refractivity (Wildman–Crippen MR) is 74.1 cm³/mol. The van der Waals surface area contributed by atoms with Gasteiger partial charge in [-0.2, -0.15) is 11.8 Å². The van der Waals surface area contributed by atoms with Crippen LogP contribution in [0, 0.1) is 11.8 Å². The first-order chi connectivity index (χ1) is 7.79. The van der Waals surface area contributed by atoms with Crippen molar-refractivity contribution in [1.82, 2.24) is 5.32 Å².